The first kappa shape index (κ1) is 20.2. The number of aliphatic hydroxyl groups excluding tert-OH is 1. The van der Waals surface area contributed by atoms with Gasteiger partial charge in [0.05, 0.1) is 45.4 Å². The largest absolute Gasteiger partial charge is 0.496 e. The van der Waals surface area contributed by atoms with E-state index in [0.29, 0.717) is 28.4 Å². The number of aliphatic hydroxyl groups is 1. The molecule has 0 bridgehead atoms. The molecule has 1 aliphatic heterocycles. The Hall–Kier alpha value is -3.53. The predicted octanol–water partition coefficient (Wildman–Crippen LogP) is 2.70. The Kier molecular flexibility index (Phi) is 5.74. The van der Waals surface area contributed by atoms with Crippen molar-refractivity contribution in [2.24, 2.45) is 0 Å². The number of nitro benzene ring substituents is 1. The smallest absolute Gasteiger partial charge is 0.322 e. The van der Waals surface area contributed by atoms with Crippen molar-refractivity contribution in [2.45, 2.75) is 12.6 Å². The van der Waals surface area contributed by atoms with Crippen molar-refractivity contribution in [3.8, 4) is 17.2 Å². The number of carbonyl (C=O) groups excluding carboxylic acids is 1. The van der Waals surface area contributed by atoms with E-state index in [1.807, 2.05) is 0 Å². The highest BCUT2D eigenvalue weighted by Crippen LogP contribution is 2.39. The van der Waals surface area contributed by atoms with Gasteiger partial charge in [-0.2, -0.15) is 0 Å². The summed E-state index contributed by atoms with van der Waals surface area (Å²) in [6.07, 6.45) is -1.000. The summed E-state index contributed by atoms with van der Waals surface area (Å²) >= 11 is 0. The number of benzene rings is 2. The molecule has 0 radical (unpaired) electrons. The molecular weight excluding hydrogens is 382 g/mol. The van der Waals surface area contributed by atoms with Crippen LogP contribution in [0.3, 0.4) is 0 Å². The Balaban J connectivity index is 1.89. The van der Waals surface area contributed by atoms with Crippen LogP contribution in [0.15, 0.2) is 30.3 Å². The Morgan fingerprint density at radius 1 is 1.17 bits per heavy atom. The minimum Gasteiger partial charge on any atom is -0.496 e. The highest BCUT2D eigenvalue weighted by molar-refractivity contribution is 5.92. The molecule has 0 aromatic heterocycles. The first-order valence-electron chi connectivity index (χ1n) is 8.69. The molecule has 2 aromatic rings. The monoisotopic (exact) mass is 403 g/mol. The van der Waals surface area contributed by atoms with Crippen molar-refractivity contribution < 1.29 is 29.0 Å². The molecule has 2 aromatic carbocycles. The fourth-order valence-corrected chi connectivity index (χ4v) is 3.32. The molecule has 154 valence electrons. The Labute approximate surface area is 166 Å². The SMILES string of the molecule is COc1ccc(NC(=O)N2Cc3c(OC)ccc(OC)c3C(O)C2)c([N+](=O)[O-])c1. The zero-order valence-electron chi connectivity index (χ0n) is 16.2. The molecule has 1 heterocycles. The third kappa shape index (κ3) is 3.87. The lowest BCUT2D eigenvalue weighted by atomic mass is 9.95. The zero-order chi connectivity index (χ0) is 21.1. The first-order valence-corrected chi connectivity index (χ1v) is 8.69. The fraction of sp³-hybridized carbons (Fsp3) is 0.316. The summed E-state index contributed by atoms with van der Waals surface area (Å²) in [5.41, 5.74) is 0.907. The fourth-order valence-electron chi connectivity index (χ4n) is 3.32. The Bertz CT molecular complexity index is 948. The van der Waals surface area contributed by atoms with Gasteiger partial charge in [-0.05, 0) is 24.3 Å². The van der Waals surface area contributed by atoms with Crippen LogP contribution in [0.25, 0.3) is 0 Å². The van der Waals surface area contributed by atoms with E-state index >= 15 is 0 Å². The number of nitrogens with zero attached hydrogens (tertiary/aromatic N) is 2. The standard InChI is InChI=1S/C19H21N3O7/c1-27-11-4-5-13(14(8-11)22(25)26)20-19(24)21-9-12-16(28-2)6-7-17(29-3)18(12)15(23)10-21/h4-8,15,23H,9-10H2,1-3H3,(H,20,24). The summed E-state index contributed by atoms with van der Waals surface area (Å²) in [5.74, 6) is 1.31. The van der Waals surface area contributed by atoms with Crippen LogP contribution in [0.5, 0.6) is 17.2 Å². The van der Waals surface area contributed by atoms with E-state index in [1.165, 1.54) is 44.4 Å². The van der Waals surface area contributed by atoms with Crippen LogP contribution in [-0.2, 0) is 6.54 Å². The zero-order valence-corrected chi connectivity index (χ0v) is 16.2. The van der Waals surface area contributed by atoms with Crippen molar-refractivity contribution in [1.29, 1.82) is 0 Å². The maximum Gasteiger partial charge on any atom is 0.322 e. The first-order chi connectivity index (χ1) is 13.9. The quantitative estimate of drug-likeness (QED) is 0.581. The summed E-state index contributed by atoms with van der Waals surface area (Å²) in [4.78, 5) is 24.9. The van der Waals surface area contributed by atoms with Crippen molar-refractivity contribution in [3.05, 3.63) is 51.6 Å². The van der Waals surface area contributed by atoms with Gasteiger partial charge in [-0.25, -0.2) is 4.79 Å². The van der Waals surface area contributed by atoms with E-state index < -0.39 is 17.1 Å². The molecule has 0 aliphatic carbocycles. The van der Waals surface area contributed by atoms with Crippen LogP contribution in [0, 0.1) is 10.1 Å². The molecule has 10 heteroatoms. The van der Waals surface area contributed by atoms with E-state index in [4.69, 9.17) is 14.2 Å². The van der Waals surface area contributed by atoms with Crippen molar-refractivity contribution >= 4 is 17.4 Å². The lowest BCUT2D eigenvalue weighted by molar-refractivity contribution is -0.384. The number of fused-ring (bicyclic) bond motifs is 1. The molecule has 2 N–H and O–H groups in total. The molecule has 10 nitrogen and oxygen atoms in total. The molecule has 0 saturated carbocycles. The number of methoxy groups -OCH3 is 3. The molecule has 0 saturated heterocycles. The molecule has 29 heavy (non-hydrogen) atoms. The second-order valence-corrected chi connectivity index (χ2v) is 6.33. The number of hydrogen-bond donors (Lipinski definition) is 2. The molecule has 1 unspecified atom stereocenters. The topological polar surface area (TPSA) is 123 Å². The molecule has 0 fully saturated rings. The van der Waals surface area contributed by atoms with Gasteiger partial charge in [0.25, 0.3) is 5.69 Å². The van der Waals surface area contributed by atoms with E-state index in [1.54, 1.807) is 12.1 Å². The molecular formula is C19H21N3O7. The number of rotatable bonds is 5. The molecule has 2 amide bonds. The maximum absolute atomic E-state index is 12.8. The van der Waals surface area contributed by atoms with Crippen LogP contribution in [0.4, 0.5) is 16.2 Å². The van der Waals surface area contributed by atoms with Gasteiger partial charge in [0.15, 0.2) is 0 Å². The summed E-state index contributed by atoms with van der Waals surface area (Å²) < 4.78 is 15.7. The minimum absolute atomic E-state index is 0.00763. The second-order valence-electron chi connectivity index (χ2n) is 6.33. The van der Waals surface area contributed by atoms with Crippen LogP contribution >= 0.6 is 0 Å². The van der Waals surface area contributed by atoms with Gasteiger partial charge in [0.2, 0.25) is 0 Å². The molecule has 1 atom stereocenters. The number of nitrogens with one attached hydrogen (secondary N) is 1. The lowest BCUT2D eigenvalue weighted by Gasteiger charge is -2.33. The van der Waals surface area contributed by atoms with Gasteiger partial charge in [-0.15, -0.1) is 0 Å². The number of anilines is 1. The summed E-state index contributed by atoms with van der Waals surface area (Å²) in [5, 5.41) is 24.5. The lowest BCUT2D eigenvalue weighted by Crippen LogP contribution is -2.41. The van der Waals surface area contributed by atoms with Gasteiger partial charge >= 0.3 is 6.03 Å². The number of amides is 2. The van der Waals surface area contributed by atoms with E-state index in [2.05, 4.69) is 5.32 Å². The molecule has 0 spiro atoms. The third-order valence-electron chi connectivity index (χ3n) is 4.72. The number of urea groups is 1. The van der Waals surface area contributed by atoms with Crippen LogP contribution < -0.4 is 19.5 Å². The number of hydrogen-bond acceptors (Lipinski definition) is 7. The third-order valence-corrected chi connectivity index (χ3v) is 4.72. The second kappa shape index (κ2) is 8.23. The van der Waals surface area contributed by atoms with Crippen LogP contribution in [0.1, 0.15) is 17.2 Å². The molecule has 3 rings (SSSR count). The van der Waals surface area contributed by atoms with Gasteiger partial charge in [-0.1, -0.05) is 0 Å². The summed E-state index contributed by atoms with van der Waals surface area (Å²) in [6.45, 7) is 0.134. The van der Waals surface area contributed by atoms with Gasteiger partial charge in [-0.3, -0.25) is 10.1 Å². The minimum atomic E-state index is -1.000. The average Bonchev–Trinajstić information content (AvgIpc) is 2.72. The highest BCUT2D eigenvalue weighted by Gasteiger charge is 2.32. The van der Waals surface area contributed by atoms with Gasteiger partial charge in [0.1, 0.15) is 29.0 Å². The van der Waals surface area contributed by atoms with E-state index in [0.717, 1.165) is 0 Å². The van der Waals surface area contributed by atoms with E-state index in [-0.39, 0.29) is 24.5 Å². The van der Waals surface area contributed by atoms with E-state index in [9.17, 15) is 20.0 Å². The van der Waals surface area contributed by atoms with Gasteiger partial charge in [0, 0.05) is 11.1 Å². The van der Waals surface area contributed by atoms with Crippen LogP contribution in [-0.4, -0.2) is 48.8 Å². The number of nitro groups is 1. The van der Waals surface area contributed by atoms with Gasteiger partial charge < -0.3 is 29.5 Å². The van der Waals surface area contributed by atoms with Crippen molar-refractivity contribution in [1.82, 2.24) is 4.90 Å². The predicted molar refractivity (Wildman–Crippen MR) is 104 cm³/mol. The van der Waals surface area contributed by atoms with Crippen molar-refractivity contribution in [2.75, 3.05) is 33.2 Å². The number of β-amino-alcohol motifs (C(OH)–C–C–N with tert-alkyl or cyclic N) is 1. The summed E-state index contributed by atoms with van der Waals surface area (Å²) in [7, 11) is 4.39. The van der Waals surface area contributed by atoms with Crippen molar-refractivity contribution in [3.63, 3.8) is 0 Å². The Morgan fingerprint density at radius 2 is 1.86 bits per heavy atom. The number of ether oxygens (including phenoxy) is 3. The Morgan fingerprint density at radius 3 is 2.48 bits per heavy atom. The number of carbonyl (C=O) groups is 1. The highest BCUT2D eigenvalue weighted by atomic mass is 16.6. The maximum atomic E-state index is 12.8. The normalized spacial score (nSPS) is 15.3. The summed E-state index contributed by atoms with van der Waals surface area (Å²) in [6, 6.07) is 6.93. The molecule has 1 aliphatic rings. The van der Waals surface area contributed by atoms with Crippen LogP contribution in [0.2, 0.25) is 0 Å². The average molecular weight is 403 g/mol.